The van der Waals surface area contributed by atoms with Crippen LogP contribution in [0.3, 0.4) is 0 Å². The standard InChI is InChI=1S/C17H28N2O5/c1-16(2,3)23-15(22)19-11-4-5-12-10(6-11)7-17(13(12)8-20)9-18-14(21)24-17/h10-13,20H,4-9H2,1-3H3,(H,18,21)(H,19,22)/t10-,11?,12+,13-,17?/m0/s1. The number of ether oxygens (including phenoxy) is 2. The molecule has 0 aromatic rings. The zero-order valence-electron chi connectivity index (χ0n) is 14.6. The van der Waals surface area contributed by atoms with E-state index in [1.165, 1.54) is 0 Å². The van der Waals surface area contributed by atoms with E-state index in [1.54, 1.807) is 0 Å². The Hall–Kier alpha value is -1.50. The molecule has 3 rings (SSSR count). The number of rotatable bonds is 2. The average molecular weight is 340 g/mol. The molecule has 1 spiro atoms. The molecule has 5 atom stereocenters. The summed E-state index contributed by atoms with van der Waals surface area (Å²) in [6.07, 6.45) is 2.57. The van der Waals surface area contributed by atoms with Gasteiger partial charge in [-0.2, -0.15) is 0 Å². The summed E-state index contributed by atoms with van der Waals surface area (Å²) in [5, 5.41) is 15.5. The molecule has 2 aliphatic carbocycles. The number of carbonyl (C=O) groups is 2. The molecule has 3 fully saturated rings. The highest BCUT2D eigenvalue weighted by atomic mass is 16.6. The molecule has 0 aromatic carbocycles. The van der Waals surface area contributed by atoms with Gasteiger partial charge in [-0.1, -0.05) is 0 Å². The number of fused-ring (bicyclic) bond motifs is 1. The fourth-order valence-corrected chi connectivity index (χ4v) is 4.74. The van der Waals surface area contributed by atoms with E-state index in [2.05, 4.69) is 10.6 Å². The lowest BCUT2D eigenvalue weighted by Crippen LogP contribution is -2.43. The summed E-state index contributed by atoms with van der Waals surface area (Å²) in [7, 11) is 0. The molecular formula is C17H28N2O5. The molecule has 7 heteroatoms. The highest BCUT2D eigenvalue weighted by Gasteiger charge is 2.59. The molecule has 1 heterocycles. The molecule has 7 nitrogen and oxygen atoms in total. The van der Waals surface area contributed by atoms with Crippen molar-refractivity contribution in [1.82, 2.24) is 10.6 Å². The molecular weight excluding hydrogens is 312 g/mol. The lowest BCUT2D eigenvalue weighted by molar-refractivity contribution is -0.00916. The van der Waals surface area contributed by atoms with Gasteiger partial charge in [-0.3, -0.25) is 0 Å². The number of carbonyl (C=O) groups excluding carboxylic acids is 2. The number of alkyl carbamates (subject to hydrolysis) is 2. The average Bonchev–Trinajstić information content (AvgIpc) is 2.95. The van der Waals surface area contributed by atoms with E-state index < -0.39 is 17.3 Å². The lowest BCUT2D eigenvalue weighted by Gasteiger charge is -2.35. The van der Waals surface area contributed by atoms with Crippen molar-refractivity contribution >= 4 is 12.2 Å². The fraction of sp³-hybridized carbons (Fsp3) is 0.882. The van der Waals surface area contributed by atoms with Crippen molar-refractivity contribution in [3.8, 4) is 0 Å². The van der Waals surface area contributed by atoms with Gasteiger partial charge in [0.25, 0.3) is 0 Å². The predicted octanol–water partition coefficient (Wildman–Crippen LogP) is 1.79. The summed E-state index contributed by atoms with van der Waals surface area (Å²) >= 11 is 0. The van der Waals surface area contributed by atoms with Crippen molar-refractivity contribution in [1.29, 1.82) is 0 Å². The van der Waals surface area contributed by atoms with Gasteiger partial charge < -0.3 is 25.2 Å². The Bertz CT molecular complexity index is 518. The van der Waals surface area contributed by atoms with Crippen LogP contribution >= 0.6 is 0 Å². The number of hydrogen-bond donors (Lipinski definition) is 3. The van der Waals surface area contributed by atoms with Gasteiger partial charge in [-0.15, -0.1) is 0 Å². The molecule has 1 saturated heterocycles. The van der Waals surface area contributed by atoms with Crippen LogP contribution in [0.15, 0.2) is 0 Å². The molecule has 3 aliphatic rings. The van der Waals surface area contributed by atoms with Crippen LogP contribution in [0.2, 0.25) is 0 Å². The first-order valence-corrected chi connectivity index (χ1v) is 8.80. The minimum Gasteiger partial charge on any atom is -0.444 e. The Morgan fingerprint density at radius 2 is 2.21 bits per heavy atom. The van der Waals surface area contributed by atoms with Gasteiger partial charge in [-0.05, 0) is 58.3 Å². The van der Waals surface area contributed by atoms with Gasteiger partial charge in [0, 0.05) is 12.0 Å². The minimum atomic E-state index is -0.581. The predicted molar refractivity (Wildman–Crippen MR) is 86.4 cm³/mol. The number of hydrogen-bond acceptors (Lipinski definition) is 5. The highest BCUT2D eigenvalue weighted by molar-refractivity contribution is 5.70. The second-order valence-corrected chi connectivity index (χ2v) is 8.38. The normalized spacial score (nSPS) is 38.4. The van der Waals surface area contributed by atoms with Crippen LogP contribution in [-0.4, -0.2) is 47.7 Å². The van der Waals surface area contributed by atoms with Crippen LogP contribution < -0.4 is 10.6 Å². The van der Waals surface area contributed by atoms with Crippen LogP contribution in [0.1, 0.15) is 46.5 Å². The first kappa shape index (κ1) is 17.3. The zero-order valence-corrected chi connectivity index (χ0v) is 14.6. The summed E-state index contributed by atoms with van der Waals surface area (Å²) in [5.41, 5.74) is -1.09. The van der Waals surface area contributed by atoms with Gasteiger partial charge in [0.15, 0.2) is 0 Å². The number of nitrogens with one attached hydrogen (secondary N) is 2. The van der Waals surface area contributed by atoms with Crippen LogP contribution in [-0.2, 0) is 9.47 Å². The Balaban J connectivity index is 1.62. The van der Waals surface area contributed by atoms with Crippen LogP contribution in [0.25, 0.3) is 0 Å². The molecule has 0 aromatic heterocycles. The Kier molecular flexibility index (Phi) is 4.40. The molecule has 0 bridgehead atoms. The van der Waals surface area contributed by atoms with Crippen molar-refractivity contribution in [3.63, 3.8) is 0 Å². The summed E-state index contributed by atoms with van der Waals surface area (Å²) in [6.45, 7) is 6.03. The molecule has 0 radical (unpaired) electrons. The van der Waals surface area contributed by atoms with E-state index in [0.29, 0.717) is 18.4 Å². The largest absolute Gasteiger partial charge is 0.444 e. The van der Waals surface area contributed by atoms with Crippen LogP contribution in [0, 0.1) is 17.8 Å². The van der Waals surface area contributed by atoms with Crippen molar-refractivity contribution in [2.45, 2.75) is 63.7 Å². The zero-order chi connectivity index (χ0) is 17.5. The third-order valence-electron chi connectivity index (χ3n) is 5.59. The number of aliphatic hydroxyl groups is 1. The maximum absolute atomic E-state index is 12.0. The van der Waals surface area contributed by atoms with E-state index in [0.717, 1.165) is 25.7 Å². The van der Waals surface area contributed by atoms with Crippen LogP contribution in [0.4, 0.5) is 9.59 Å². The van der Waals surface area contributed by atoms with Gasteiger partial charge in [0.2, 0.25) is 0 Å². The molecule has 2 unspecified atom stereocenters. The molecule has 2 saturated carbocycles. The number of aliphatic hydroxyl groups excluding tert-OH is 1. The van der Waals surface area contributed by atoms with Gasteiger partial charge in [-0.25, -0.2) is 9.59 Å². The van der Waals surface area contributed by atoms with Gasteiger partial charge in [0.1, 0.15) is 11.2 Å². The molecule has 24 heavy (non-hydrogen) atoms. The third-order valence-corrected chi connectivity index (χ3v) is 5.59. The molecule has 3 N–H and O–H groups in total. The highest BCUT2D eigenvalue weighted by Crippen LogP contribution is 2.53. The maximum Gasteiger partial charge on any atom is 0.407 e. The monoisotopic (exact) mass is 340 g/mol. The van der Waals surface area contributed by atoms with Crippen molar-refractivity contribution in [3.05, 3.63) is 0 Å². The van der Waals surface area contributed by atoms with Gasteiger partial charge >= 0.3 is 12.2 Å². The van der Waals surface area contributed by atoms with Crippen LogP contribution in [0.5, 0.6) is 0 Å². The topological polar surface area (TPSA) is 96.9 Å². The molecule has 1 aliphatic heterocycles. The first-order chi connectivity index (χ1) is 11.2. The molecule has 2 amide bonds. The van der Waals surface area contributed by atoms with Crippen molar-refractivity contribution in [2.75, 3.05) is 13.2 Å². The minimum absolute atomic E-state index is 0.0241. The SMILES string of the molecule is CC(C)(C)OC(=O)NC1CC[C@@H]2[C@@H](C1)CC1(CNC(=O)O1)[C@H]2CO. The second-order valence-electron chi connectivity index (χ2n) is 8.38. The maximum atomic E-state index is 12.0. The van der Waals surface area contributed by atoms with E-state index in [1.807, 2.05) is 20.8 Å². The van der Waals surface area contributed by atoms with E-state index >= 15 is 0 Å². The van der Waals surface area contributed by atoms with E-state index in [-0.39, 0.29) is 24.7 Å². The van der Waals surface area contributed by atoms with E-state index in [9.17, 15) is 14.7 Å². The lowest BCUT2D eigenvalue weighted by atomic mass is 9.75. The third kappa shape index (κ3) is 3.31. The number of amides is 2. The Morgan fingerprint density at radius 3 is 2.79 bits per heavy atom. The summed E-state index contributed by atoms with van der Waals surface area (Å²) in [4.78, 5) is 23.5. The quantitative estimate of drug-likeness (QED) is 0.712. The summed E-state index contributed by atoms with van der Waals surface area (Å²) in [5.74, 6) is 0.645. The smallest absolute Gasteiger partial charge is 0.407 e. The van der Waals surface area contributed by atoms with Crippen molar-refractivity contribution in [2.24, 2.45) is 17.8 Å². The van der Waals surface area contributed by atoms with Crippen molar-refractivity contribution < 1.29 is 24.2 Å². The molecule has 136 valence electrons. The summed E-state index contributed by atoms with van der Waals surface area (Å²) in [6, 6.07) is 0.0701. The first-order valence-electron chi connectivity index (χ1n) is 8.80. The fourth-order valence-electron chi connectivity index (χ4n) is 4.74. The van der Waals surface area contributed by atoms with Gasteiger partial charge in [0.05, 0.1) is 13.2 Å². The Labute approximate surface area is 142 Å². The summed E-state index contributed by atoms with van der Waals surface area (Å²) < 4.78 is 10.9. The second kappa shape index (κ2) is 6.10. The van der Waals surface area contributed by atoms with E-state index in [4.69, 9.17) is 9.47 Å². The Morgan fingerprint density at radius 1 is 1.46 bits per heavy atom.